The Morgan fingerprint density at radius 2 is 1.32 bits per heavy atom. The summed E-state index contributed by atoms with van der Waals surface area (Å²) in [5.41, 5.74) is -2.51. The quantitative estimate of drug-likeness (QED) is 0.0308. The summed E-state index contributed by atoms with van der Waals surface area (Å²) in [7, 11) is -7.80. The zero-order valence-corrected chi connectivity index (χ0v) is 39.5. The van der Waals surface area contributed by atoms with Crippen LogP contribution >= 0.6 is 0 Å². The molecule has 3 saturated carbocycles. The van der Waals surface area contributed by atoms with Gasteiger partial charge in [-0.15, -0.1) is 0 Å². The van der Waals surface area contributed by atoms with Crippen LogP contribution in [0.25, 0.3) is 0 Å². The molecule has 330 valence electrons. The van der Waals surface area contributed by atoms with Gasteiger partial charge in [0.25, 0.3) is 0 Å². The fourth-order valence-electron chi connectivity index (χ4n) is 11.4. The van der Waals surface area contributed by atoms with Gasteiger partial charge in [-0.3, -0.25) is 18.6 Å². The van der Waals surface area contributed by atoms with Crippen molar-refractivity contribution >= 4 is 36.4 Å². The van der Waals surface area contributed by atoms with Crippen molar-refractivity contribution in [2.75, 3.05) is 26.2 Å². The van der Waals surface area contributed by atoms with Gasteiger partial charge < -0.3 is 22.9 Å². The van der Waals surface area contributed by atoms with Crippen LogP contribution in [0.3, 0.4) is 0 Å². The van der Waals surface area contributed by atoms with Crippen molar-refractivity contribution in [1.29, 1.82) is 0 Å². The van der Waals surface area contributed by atoms with Gasteiger partial charge in [0, 0.05) is 13.8 Å². The lowest BCUT2D eigenvalue weighted by molar-refractivity contribution is -0.929. The molecule has 57 heavy (non-hydrogen) atoms. The number of unbranched alkanes of at least 4 members (excludes halogenated alkanes) is 4. The minimum absolute atomic E-state index is 0.0485. The first-order chi connectivity index (χ1) is 26.5. The Labute approximate surface area is 347 Å². The summed E-state index contributed by atoms with van der Waals surface area (Å²) < 4.78 is 60.7. The van der Waals surface area contributed by atoms with Crippen molar-refractivity contribution in [2.24, 2.45) is 28.6 Å². The number of Topliss-reactive ketones (excluding diaryl/α,β-unsaturated/α-hetero) is 1. The van der Waals surface area contributed by atoms with Gasteiger partial charge in [0.15, 0.2) is 19.7 Å². The zero-order valence-electron chi connectivity index (χ0n) is 37.7. The molecule has 0 aliphatic heterocycles. The van der Waals surface area contributed by atoms with E-state index in [0.717, 1.165) is 37.7 Å². The minimum atomic E-state index is -5.21. The highest BCUT2D eigenvalue weighted by molar-refractivity contribution is 7.80. The van der Waals surface area contributed by atoms with Gasteiger partial charge in [-0.05, 0) is 121 Å². The molecule has 3 fully saturated rings. The first-order valence-electron chi connectivity index (χ1n) is 22.3. The van der Waals surface area contributed by atoms with E-state index in [2.05, 4.69) is 34.6 Å². The molecule has 4 aliphatic rings. The van der Waals surface area contributed by atoms with E-state index >= 15 is 0 Å². The molecule has 4 aliphatic carbocycles. The van der Waals surface area contributed by atoms with Crippen molar-refractivity contribution in [1.82, 2.24) is 0 Å². The smallest absolute Gasteiger partial charge is 0.302 e. The molecular weight excluding hydrogens is 763 g/mol. The molecule has 0 heterocycles. The monoisotopic (exact) mass is 842 g/mol. The van der Waals surface area contributed by atoms with E-state index in [1.165, 1.54) is 103 Å². The number of rotatable bonds is 19. The summed E-state index contributed by atoms with van der Waals surface area (Å²) in [6.07, 6.45) is 14.6. The Morgan fingerprint density at radius 1 is 0.807 bits per heavy atom. The summed E-state index contributed by atoms with van der Waals surface area (Å²) in [4.78, 5) is 37.9. The third-order valence-corrected chi connectivity index (χ3v) is 15.4. The predicted molar refractivity (Wildman–Crippen MR) is 225 cm³/mol. The van der Waals surface area contributed by atoms with Gasteiger partial charge >= 0.3 is 11.9 Å². The van der Waals surface area contributed by atoms with Crippen LogP contribution in [-0.4, -0.2) is 93.6 Å². The van der Waals surface area contributed by atoms with Crippen LogP contribution in [0, 0.1) is 28.6 Å². The molecule has 0 radical (unpaired) electrons. The second-order valence-electron chi connectivity index (χ2n) is 19.2. The highest BCUT2D eigenvalue weighted by Crippen LogP contribution is 2.68. The number of quaternary nitrogens is 1. The fraction of sp³-hybridized carbons (Fsp3) is 0.886. The maximum atomic E-state index is 13.7. The van der Waals surface area contributed by atoms with Crippen molar-refractivity contribution < 1.29 is 49.9 Å². The molecular formula is C44H79NO10SSi. The predicted octanol–water partition coefficient (Wildman–Crippen LogP) is 9.06. The number of fused-ring (bicyclic) bond motifs is 5. The van der Waals surface area contributed by atoms with E-state index in [-0.39, 0.29) is 35.2 Å². The summed E-state index contributed by atoms with van der Waals surface area (Å²) in [5, 5.41) is 0. The fourth-order valence-corrected chi connectivity index (χ4v) is 13.3. The molecule has 0 spiro atoms. The van der Waals surface area contributed by atoms with Crippen molar-refractivity contribution in [3.8, 4) is 0 Å². The van der Waals surface area contributed by atoms with Crippen LogP contribution < -0.4 is 0 Å². The zero-order chi connectivity index (χ0) is 43.0. The Balaban J connectivity index is 0.000000432. The number of carbonyl (C=O) groups is 3. The molecule has 13 heteroatoms. The largest absolute Gasteiger partial charge is 0.726 e. The maximum absolute atomic E-state index is 13.7. The Bertz CT molecular complexity index is 1470. The highest BCUT2D eigenvalue weighted by atomic mass is 32.3. The number of ketones is 1. The lowest BCUT2D eigenvalue weighted by Crippen LogP contribution is -2.69. The first-order valence-corrected chi connectivity index (χ1v) is 27.0. The van der Waals surface area contributed by atoms with Gasteiger partial charge in [0.2, 0.25) is 10.4 Å². The normalized spacial score (nSPS) is 32.5. The SMILES string of the molecule is CC(=O)O[C@H]1CC[C@@]2(C)[C@@H](CC[C@H]3C4=C[C@H](OS(=O)(=O)[O-])[C@](O[Si](C)(C)C)(C(C)=O)[C@@]4(C)[C@H](OC(C)=O)C[C@@H]32)C1.CCCC[N+](CCCC)(CCCC)CCCC. The molecule has 0 saturated heterocycles. The van der Waals surface area contributed by atoms with E-state index in [9.17, 15) is 27.4 Å². The molecule has 11 nitrogen and oxygen atoms in total. The standard InChI is InChI=1S/C28H44O10SSi.C16H36N/c1-16(29)28(38-40(6,7)8)25(37-39(32,33)34)15-23-21-10-9-19-13-20(35-17(2)30)11-12-26(19,4)22(21)14-24(27(23,28)5)36-18(3)31;1-5-9-13-17(14-10-6-2,15-11-7-3)16-12-8-4/h15,19-22,24-25H,9-14H2,1-8H3,(H,32,33,34);5-16H2,1-4H3/q;+1/p-1/t19-,20-,21+,22-,24+,25-,26-,27+,28+;/m0./s1. The Hall–Kier alpha value is -1.64. The third-order valence-electron chi connectivity index (χ3n) is 14.1. The molecule has 9 atom stereocenters. The third kappa shape index (κ3) is 11.6. The summed E-state index contributed by atoms with van der Waals surface area (Å²) >= 11 is 0. The van der Waals surface area contributed by atoms with Gasteiger partial charge in [-0.1, -0.05) is 72.0 Å². The number of esters is 2. The second kappa shape index (κ2) is 20.3. The van der Waals surface area contributed by atoms with Crippen LogP contribution in [0.2, 0.25) is 19.6 Å². The summed E-state index contributed by atoms with van der Waals surface area (Å²) in [5.74, 6) is -1.02. The number of hydrogen-bond donors (Lipinski definition) is 0. The van der Waals surface area contributed by atoms with Crippen LogP contribution in [0.4, 0.5) is 0 Å². The van der Waals surface area contributed by atoms with E-state index in [1.807, 2.05) is 19.6 Å². The molecule has 0 bridgehead atoms. The molecule has 0 amide bonds. The Morgan fingerprint density at radius 3 is 1.74 bits per heavy atom. The van der Waals surface area contributed by atoms with E-state index < -0.39 is 53.7 Å². The maximum Gasteiger partial charge on any atom is 0.302 e. The number of carbonyl (C=O) groups excluding carboxylic acids is 3. The first kappa shape index (κ1) is 49.7. The lowest BCUT2D eigenvalue weighted by atomic mass is 9.44. The number of hydrogen-bond acceptors (Lipinski definition) is 10. The van der Waals surface area contributed by atoms with Crippen LogP contribution in [-0.2, 0) is 42.9 Å². The molecule has 0 aromatic heterocycles. The van der Waals surface area contributed by atoms with Gasteiger partial charge in [-0.2, -0.15) is 0 Å². The topological polar surface area (TPSA) is 145 Å². The van der Waals surface area contributed by atoms with E-state index in [1.54, 1.807) is 13.0 Å². The highest BCUT2D eigenvalue weighted by Gasteiger charge is 2.73. The Kier molecular flexibility index (Phi) is 17.7. The van der Waals surface area contributed by atoms with E-state index in [0.29, 0.717) is 6.42 Å². The summed E-state index contributed by atoms with van der Waals surface area (Å²) in [6.45, 7) is 28.8. The molecule has 0 unspecified atom stereocenters. The van der Waals surface area contributed by atoms with Gasteiger partial charge in [0.05, 0.1) is 31.6 Å². The minimum Gasteiger partial charge on any atom is -0.726 e. The van der Waals surface area contributed by atoms with Crippen LogP contribution in [0.5, 0.6) is 0 Å². The van der Waals surface area contributed by atoms with Gasteiger partial charge in [0.1, 0.15) is 18.3 Å². The molecule has 0 aromatic rings. The average Bonchev–Trinajstić information content (AvgIpc) is 3.34. The summed E-state index contributed by atoms with van der Waals surface area (Å²) in [6, 6.07) is 0. The van der Waals surface area contributed by atoms with Crippen LogP contribution in [0.1, 0.15) is 152 Å². The average molecular weight is 842 g/mol. The van der Waals surface area contributed by atoms with Gasteiger partial charge in [-0.25, -0.2) is 8.42 Å². The lowest BCUT2D eigenvalue weighted by Gasteiger charge is -2.62. The molecule has 0 N–H and O–H groups in total. The number of ether oxygens (including phenoxy) is 2. The van der Waals surface area contributed by atoms with E-state index in [4.69, 9.17) is 18.1 Å². The number of nitrogens with zero attached hydrogens (tertiary/aromatic N) is 1. The van der Waals surface area contributed by atoms with Crippen molar-refractivity contribution in [3.63, 3.8) is 0 Å². The second-order valence-corrected chi connectivity index (χ2v) is 24.7. The van der Waals surface area contributed by atoms with Crippen molar-refractivity contribution in [2.45, 2.75) is 196 Å². The molecule has 4 rings (SSSR count). The van der Waals surface area contributed by atoms with Crippen LogP contribution in [0.15, 0.2) is 11.6 Å². The van der Waals surface area contributed by atoms with Crippen molar-refractivity contribution in [3.05, 3.63) is 11.6 Å². The molecule has 0 aromatic carbocycles.